The Morgan fingerprint density at radius 3 is 2.71 bits per heavy atom. The first-order valence-corrected chi connectivity index (χ1v) is 5.38. The fourth-order valence-corrected chi connectivity index (χ4v) is 1.47. The molecule has 0 aliphatic rings. The number of carbonyl (C=O) groups excluding carboxylic acids is 1. The molecule has 0 atom stereocenters. The Kier molecular flexibility index (Phi) is 3.49. The van der Waals surface area contributed by atoms with E-state index in [1.165, 1.54) is 12.4 Å². The number of aldehydes is 1. The molecule has 0 aliphatic carbocycles. The molecule has 0 saturated heterocycles. The zero-order valence-corrected chi connectivity index (χ0v) is 9.54. The number of hydrogen-bond donors (Lipinski definition) is 0. The van der Waals surface area contributed by atoms with E-state index in [-0.39, 0.29) is 0 Å². The summed E-state index contributed by atoms with van der Waals surface area (Å²) in [5.41, 5.74) is 0.475. The summed E-state index contributed by atoms with van der Waals surface area (Å²) in [6.07, 6.45) is 5.40. The average molecular weight is 231 g/mol. The number of hydrogen-bond acceptors (Lipinski definition) is 5. The molecule has 2 heterocycles. The number of rotatable bonds is 5. The van der Waals surface area contributed by atoms with E-state index >= 15 is 0 Å². The molecule has 88 valence electrons. The highest BCUT2D eigenvalue weighted by atomic mass is 16.3. The second kappa shape index (κ2) is 5.25. The molecule has 0 bridgehead atoms. The van der Waals surface area contributed by atoms with Gasteiger partial charge < -0.3 is 9.32 Å². The zero-order chi connectivity index (χ0) is 12.1. The molecule has 0 aliphatic heterocycles. The van der Waals surface area contributed by atoms with E-state index in [1.807, 2.05) is 24.0 Å². The van der Waals surface area contributed by atoms with Gasteiger partial charge in [-0.05, 0) is 19.1 Å². The lowest BCUT2D eigenvalue weighted by Crippen LogP contribution is -2.23. The zero-order valence-electron chi connectivity index (χ0n) is 9.54. The molecule has 0 fully saturated rings. The molecule has 5 heteroatoms. The van der Waals surface area contributed by atoms with Crippen LogP contribution in [0.15, 0.2) is 35.2 Å². The molecule has 0 unspecified atom stereocenters. The lowest BCUT2D eigenvalue weighted by atomic mass is 10.4. The van der Waals surface area contributed by atoms with E-state index in [1.54, 1.807) is 6.26 Å². The van der Waals surface area contributed by atoms with Gasteiger partial charge in [-0.25, -0.2) is 9.97 Å². The maximum atomic E-state index is 10.5. The topological polar surface area (TPSA) is 59.2 Å². The van der Waals surface area contributed by atoms with Crippen LogP contribution in [-0.2, 0) is 6.54 Å². The Morgan fingerprint density at radius 2 is 2.18 bits per heavy atom. The van der Waals surface area contributed by atoms with Gasteiger partial charge in [0, 0.05) is 18.9 Å². The van der Waals surface area contributed by atoms with Crippen molar-refractivity contribution in [1.82, 2.24) is 9.97 Å². The number of anilines is 1. The third kappa shape index (κ3) is 2.69. The fourth-order valence-electron chi connectivity index (χ4n) is 1.47. The van der Waals surface area contributed by atoms with Crippen molar-refractivity contribution in [3.8, 4) is 0 Å². The van der Waals surface area contributed by atoms with Gasteiger partial charge in [-0.1, -0.05) is 0 Å². The van der Waals surface area contributed by atoms with Crippen LogP contribution in [0.5, 0.6) is 0 Å². The molecule has 5 nitrogen and oxygen atoms in total. The Labute approximate surface area is 99.1 Å². The van der Waals surface area contributed by atoms with Crippen molar-refractivity contribution in [2.45, 2.75) is 13.5 Å². The molecular formula is C12H13N3O2. The number of carbonyl (C=O) groups is 1. The van der Waals surface area contributed by atoms with Gasteiger partial charge in [0.05, 0.1) is 18.4 Å². The molecule has 0 aromatic carbocycles. The molecule has 0 saturated carbocycles. The minimum Gasteiger partial charge on any atom is -0.467 e. The summed E-state index contributed by atoms with van der Waals surface area (Å²) in [5, 5.41) is 0. The highest BCUT2D eigenvalue weighted by Crippen LogP contribution is 2.11. The molecule has 0 amide bonds. The van der Waals surface area contributed by atoms with Crippen LogP contribution in [0.3, 0.4) is 0 Å². The van der Waals surface area contributed by atoms with Gasteiger partial charge in [-0.2, -0.15) is 0 Å². The van der Waals surface area contributed by atoms with Crippen LogP contribution < -0.4 is 4.90 Å². The average Bonchev–Trinajstić information content (AvgIpc) is 2.89. The Morgan fingerprint density at radius 1 is 1.41 bits per heavy atom. The summed E-state index contributed by atoms with van der Waals surface area (Å²) in [6.45, 7) is 3.39. The van der Waals surface area contributed by atoms with Crippen LogP contribution in [-0.4, -0.2) is 22.8 Å². The maximum absolute atomic E-state index is 10.5. The summed E-state index contributed by atoms with van der Waals surface area (Å²) >= 11 is 0. The molecule has 0 radical (unpaired) electrons. The third-order valence-electron chi connectivity index (χ3n) is 2.39. The van der Waals surface area contributed by atoms with Crippen LogP contribution in [0.1, 0.15) is 23.0 Å². The van der Waals surface area contributed by atoms with E-state index in [4.69, 9.17) is 4.42 Å². The smallest absolute Gasteiger partial charge is 0.225 e. The monoisotopic (exact) mass is 231 g/mol. The quantitative estimate of drug-likeness (QED) is 0.735. The lowest BCUT2D eigenvalue weighted by Gasteiger charge is -2.18. The van der Waals surface area contributed by atoms with Gasteiger partial charge in [-0.15, -0.1) is 0 Å². The van der Waals surface area contributed by atoms with Crippen LogP contribution in [0, 0.1) is 0 Å². The van der Waals surface area contributed by atoms with E-state index in [2.05, 4.69) is 9.97 Å². The van der Waals surface area contributed by atoms with Crippen LogP contribution in [0.25, 0.3) is 0 Å². The van der Waals surface area contributed by atoms with Crippen molar-refractivity contribution < 1.29 is 9.21 Å². The van der Waals surface area contributed by atoms with Crippen LogP contribution in [0.2, 0.25) is 0 Å². The summed E-state index contributed by atoms with van der Waals surface area (Å²) < 4.78 is 5.28. The highest BCUT2D eigenvalue weighted by molar-refractivity contribution is 5.73. The summed E-state index contributed by atoms with van der Waals surface area (Å²) in [6, 6.07) is 3.75. The summed E-state index contributed by atoms with van der Waals surface area (Å²) in [4.78, 5) is 20.8. The first-order valence-electron chi connectivity index (χ1n) is 5.38. The molecule has 17 heavy (non-hydrogen) atoms. The Hall–Kier alpha value is -2.17. The maximum Gasteiger partial charge on any atom is 0.225 e. The van der Waals surface area contributed by atoms with Crippen molar-refractivity contribution in [2.75, 3.05) is 11.4 Å². The predicted molar refractivity (Wildman–Crippen MR) is 62.9 cm³/mol. The van der Waals surface area contributed by atoms with Crippen LogP contribution in [0.4, 0.5) is 5.95 Å². The van der Waals surface area contributed by atoms with E-state index in [0.29, 0.717) is 18.1 Å². The lowest BCUT2D eigenvalue weighted by molar-refractivity contribution is 0.112. The van der Waals surface area contributed by atoms with Gasteiger partial charge in [0.1, 0.15) is 5.76 Å². The van der Waals surface area contributed by atoms with Gasteiger partial charge in [0.25, 0.3) is 0 Å². The van der Waals surface area contributed by atoms with Crippen molar-refractivity contribution >= 4 is 12.2 Å². The largest absolute Gasteiger partial charge is 0.467 e. The first kappa shape index (κ1) is 11.3. The number of aromatic nitrogens is 2. The molecule has 2 rings (SSSR count). The van der Waals surface area contributed by atoms with Gasteiger partial charge in [0.2, 0.25) is 5.95 Å². The van der Waals surface area contributed by atoms with E-state index in [9.17, 15) is 4.79 Å². The first-order chi connectivity index (χ1) is 8.33. The van der Waals surface area contributed by atoms with E-state index in [0.717, 1.165) is 18.6 Å². The Balaban J connectivity index is 2.14. The van der Waals surface area contributed by atoms with E-state index < -0.39 is 0 Å². The number of nitrogens with zero attached hydrogens (tertiary/aromatic N) is 3. The minimum absolute atomic E-state index is 0.475. The fraction of sp³-hybridized carbons (Fsp3) is 0.250. The highest BCUT2D eigenvalue weighted by Gasteiger charge is 2.09. The predicted octanol–water partition coefficient (Wildman–Crippen LogP) is 1.91. The molecule has 0 N–H and O–H groups in total. The molecule has 2 aromatic rings. The van der Waals surface area contributed by atoms with Crippen molar-refractivity contribution in [2.24, 2.45) is 0 Å². The van der Waals surface area contributed by atoms with Gasteiger partial charge >= 0.3 is 0 Å². The second-order valence-corrected chi connectivity index (χ2v) is 3.53. The molecule has 0 spiro atoms. The van der Waals surface area contributed by atoms with Gasteiger partial charge in [0.15, 0.2) is 6.29 Å². The normalized spacial score (nSPS) is 10.2. The Bertz CT molecular complexity index is 465. The van der Waals surface area contributed by atoms with Crippen molar-refractivity contribution in [3.63, 3.8) is 0 Å². The van der Waals surface area contributed by atoms with Gasteiger partial charge in [-0.3, -0.25) is 4.79 Å². The van der Waals surface area contributed by atoms with Crippen molar-refractivity contribution in [3.05, 3.63) is 42.1 Å². The third-order valence-corrected chi connectivity index (χ3v) is 2.39. The minimum atomic E-state index is 0.475. The number of furan rings is 1. The standard InChI is InChI=1S/C12H13N3O2/c1-2-15(8-11-4-3-5-17-11)12-13-6-10(9-16)7-14-12/h3-7,9H,2,8H2,1H3. The second-order valence-electron chi connectivity index (χ2n) is 3.53. The summed E-state index contributed by atoms with van der Waals surface area (Å²) in [7, 11) is 0. The van der Waals surface area contributed by atoms with Crippen molar-refractivity contribution in [1.29, 1.82) is 0 Å². The summed E-state index contributed by atoms with van der Waals surface area (Å²) in [5.74, 6) is 1.45. The molecular weight excluding hydrogens is 218 g/mol. The van der Waals surface area contributed by atoms with Crippen LogP contribution >= 0.6 is 0 Å². The SMILES string of the molecule is CCN(Cc1ccco1)c1ncc(C=O)cn1. The molecule has 2 aromatic heterocycles.